The van der Waals surface area contributed by atoms with Crippen molar-refractivity contribution in [1.29, 1.82) is 0 Å². The summed E-state index contributed by atoms with van der Waals surface area (Å²) in [5, 5.41) is 2.92. The van der Waals surface area contributed by atoms with E-state index in [2.05, 4.69) is 5.32 Å². The van der Waals surface area contributed by atoms with E-state index in [0.717, 1.165) is 6.07 Å². The van der Waals surface area contributed by atoms with Gasteiger partial charge in [-0.05, 0) is 27.0 Å². The molecule has 0 radical (unpaired) electrons. The number of halogens is 2. The van der Waals surface area contributed by atoms with Crippen LogP contribution in [0, 0.1) is 11.6 Å². The monoisotopic (exact) mass is 185 g/mol. The van der Waals surface area contributed by atoms with Gasteiger partial charge in [-0.15, -0.1) is 0 Å². The summed E-state index contributed by atoms with van der Waals surface area (Å²) >= 11 is 0. The zero-order valence-corrected chi connectivity index (χ0v) is 7.99. The molecule has 0 heterocycles. The minimum Gasteiger partial charge on any atom is -0.311 e. The van der Waals surface area contributed by atoms with E-state index >= 15 is 0 Å². The molecule has 0 saturated carbocycles. The molecule has 1 N–H and O–H groups in total. The van der Waals surface area contributed by atoms with E-state index in [0.29, 0.717) is 5.56 Å². The van der Waals surface area contributed by atoms with Gasteiger partial charge in [-0.1, -0.05) is 12.1 Å². The van der Waals surface area contributed by atoms with Crippen LogP contribution in [0.1, 0.15) is 19.4 Å². The van der Waals surface area contributed by atoms with Crippen molar-refractivity contribution < 1.29 is 8.78 Å². The Hall–Kier alpha value is -0.960. The summed E-state index contributed by atoms with van der Waals surface area (Å²) in [7, 11) is 1.71. The first kappa shape index (κ1) is 10.1. The normalized spacial score (nSPS) is 11.8. The van der Waals surface area contributed by atoms with Crippen LogP contribution < -0.4 is 5.32 Å². The van der Waals surface area contributed by atoms with Crippen molar-refractivity contribution in [2.24, 2.45) is 0 Å². The maximum Gasteiger partial charge on any atom is 0.163 e. The Bertz CT molecular complexity index is 308. The first-order chi connectivity index (χ1) is 5.99. The lowest BCUT2D eigenvalue weighted by Crippen LogP contribution is -2.34. The summed E-state index contributed by atoms with van der Waals surface area (Å²) < 4.78 is 26.1. The molecule has 0 saturated heterocycles. The highest BCUT2D eigenvalue weighted by Crippen LogP contribution is 2.23. The van der Waals surface area contributed by atoms with E-state index in [1.54, 1.807) is 27.0 Å². The second-order valence-corrected chi connectivity index (χ2v) is 3.48. The van der Waals surface area contributed by atoms with Gasteiger partial charge in [-0.2, -0.15) is 0 Å². The highest BCUT2D eigenvalue weighted by molar-refractivity contribution is 5.25. The van der Waals surface area contributed by atoms with Crippen LogP contribution in [0.25, 0.3) is 0 Å². The SMILES string of the molecule is CNC(C)(C)c1cccc(F)c1F. The Labute approximate surface area is 76.8 Å². The van der Waals surface area contributed by atoms with Crippen molar-refractivity contribution >= 4 is 0 Å². The van der Waals surface area contributed by atoms with Gasteiger partial charge in [-0.3, -0.25) is 0 Å². The topological polar surface area (TPSA) is 12.0 Å². The summed E-state index contributed by atoms with van der Waals surface area (Å²) in [5.74, 6) is -1.58. The molecule has 1 aromatic carbocycles. The minimum absolute atomic E-state index is 0.343. The van der Waals surface area contributed by atoms with Gasteiger partial charge in [0.2, 0.25) is 0 Å². The number of nitrogens with one attached hydrogen (secondary N) is 1. The van der Waals surface area contributed by atoms with Crippen LogP contribution in [-0.4, -0.2) is 7.05 Å². The van der Waals surface area contributed by atoms with Gasteiger partial charge in [-0.25, -0.2) is 8.78 Å². The molecular formula is C10H13F2N. The summed E-state index contributed by atoms with van der Waals surface area (Å²) in [4.78, 5) is 0. The summed E-state index contributed by atoms with van der Waals surface area (Å²) in [5.41, 5.74) is -0.207. The molecule has 0 aliphatic carbocycles. The van der Waals surface area contributed by atoms with Crippen LogP contribution >= 0.6 is 0 Å². The molecule has 1 aromatic rings. The molecule has 3 heteroatoms. The van der Waals surface area contributed by atoms with E-state index in [1.807, 2.05) is 0 Å². The van der Waals surface area contributed by atoms with E-state index in [4.69, 9.17) is 0 Å². The van der Waals surface area contributed by atoms with E-state index < -0.39 is 17.2 Å². The summed E-state index contributed by atoms with van der Waals surface area (Å²) in [6.45, 7) is 3.59. The molecule has 1 nitrogen and oxygen atoms in total. The van der Waals surface area contributed by atoms with Gasteiger partial charge in [0, 0.05) is 11.1 Å². The lowest BCUT2D eigenvalue weighted by atomic mass is 9.94. The molecule has 0 atom stereocenters. The Morgan fingerprint density at radius 2 is 1.85 bits per heavy atom. The lowest BCUT2D eigenvalue weighted by molar-refractivity contribution is 0.402. The standard InChI is InChI=1S/C10H13F2N/c1-10(2,13-3)7-5-4-6-8(11)9(7)12/h4-6,13H,1-3H3. The Balaban J connectivity index is 3.22. The van der Waals surface area contributed by atoms with Crippen molar-refractivity contribution in [2.75, 3.05) is 7.05 Å². The van der Waals surface area contributed by atoms with Gasteiger partial charge in [0.1, 0.15) is 0 Å². The predicted octanol–water partition coefficient (Wildman–Crippen LogP) is 2.42. The van der Waals surface area contributed by atoms with E-state index in [9.17, 15) is 8.78 Å². The van der Waals surface area contributed by atoms with Gasteiger partial charge >= 0.3 is 0 Å². The van der Waals surface area contributed by atoms with Crippen LogP contribution in [0.15, 0.2) is 18.2 Å². The van der Waals surface area contributed by atoms with Crippen molar-refractivity contribution in [3.8, 4) is 0 Å². The van der Waals surface area contributed by atoms with E-state index in [1.165, 1.54) is 6.07 Å². The second-order valence-electron chi connectivity index (χ2n) is 3.48. The molecule has 0 unspecified atom stereocenters. The second kappa shape index (κ2) is 3.42. The van der Waals surface area contributed by atoms with Gasteiger partial charge in [0.25, 0.3) is 0 Å². The van der Waals surface area contributed by atoms with Crippen molar-refractivity contribution in [3.63, 3.8) is 0 Å². The zero-order chi connectivity index (χ0) is 10.1. The molecular weight excluding hydrogens is 172 g/mol. The van der Waals surface area contributed by atoms with Gasteiger partial charge in [0.05, 0.1) is 0 Å². The average molecular weight is 185 g/mol. The van der Waals surface area contributed by atoms with Crippen molar-refractivity contribution in [2.45, 2.75) is 19.4 Å². The highest BCUT2D eigenvalue weighted by atomic mass is 19.2. The minimum atomic E-state index is -0.805. The maximum absolute atomic E-state index is 13.3. The first-order valence-electron chi connectivity index (χ1n) is 4.12. The van der Waals surface area contributed by atoms with Crippen LogP contribution in [0.3, 0.4) is 0 Å². The molecule has 0 aliphatic heterocycles. The largest absolute Gasteiger partial charge is 0.311 e. The van der Waals surface area contributed by atoms with Crippen LogP contribution in [0.2, 0.25) is 0 Å². The fraction of sp³-hybridized carbons (Fsp3) is 0.400. The Kier molecular flexibility index (Phi) is 2.66. The average Bonchev–Trinajstić information content (AvgIpc) is 2.09. The molecule has 0 amide bonds. The first-order valence-corrected chi connectivity index (χ1v) is 4.12. The smallest absolute Gasteiger partial charge is 0.163 e. The number of benzene rings is 1. The lowest BCUT2D eigenvalue weighted by Gasteiger charge is -2.25. The van der Waals surface area contributed by atoms with Crippen molar-refractivity contribution in [1.82, 2.24) is 5.32 Å². The fourth-order valence-corrected chi connectivity index (χ4v) is 1.12. The molecule has 1 rings (SSSR count). The van der Waals surface area contributed by atoms with Gasteiger partial charge < -0.3 is 5.32 Å². The zero-order valence-electron chi connectivity index (χ0n) is 7.99. The van der Waals surface area contributed by atoms with E-state index in [-0.39, 0.29) is 0 Å². The maximum atomic E-state index is 13.3. The third-order valence-corrected chi connectivity index (χ3v) is 2.25. The predicted molar refractivity (Wildman–Crippen MR) is 48.4 cm³/mol. The number of rotatable bonds is 2. The molecule has 72 valence electrons. The number of hydrogen-bond acceptors (Lipinski definition) is 1. The van der Waals surface area contributed by atoms with Crippen LogP contribution in [0.4, 0.5) is 8.78 Å². The molecule has 0 spiro atoms. The van der Waals surface area contributed by atoms with Crippen LogP contribution in [-0.2, 0) is 5.54 Å². The Morgan fingerprint density at radius 1 is 1.23 bits per heavy atom. The molecule has 0 fully saturated rings. The Morgan fingerprint density at radius 3 is 2.38 bits per heavy atom. The molecule has 0 bridgehead atoms. The third-order valence-electron chi connectivity index (χ3n) is 2.25. The summed E-state index contributed by atoms with van der Waals surface area (Å²) in [6.07, 6.45) is 0. The molecule has 0 aromatic heterocycles. The highest BCUT2D eigenvalue weighted by Gasteiger charge is 2.23. The fourth-order valence-electron chi connectivity index (χ4n) is 1.12. The van der Waals surface area contributed by atoms with Gasteiger partial charge in [0.15, 0.2) is 11.6 Å². The number of hydrogen-bond donors (Lipinski definition) is 1. The quantitative estimate of drug-likeness (QED) is 0.746. The summed E-state index contributed by atoms with van der Waals surface area (Å²) in [6, 6.07) is 4.20. The molecule has 0 aliphatic rings. The third kappa shape index (κ3) is 1.86. The molecule has 13 heavy (non-hydrogen) atoms. The van der Waals surface area contributed by atoms with Crippen molar-refractivity contribution in [3.05, 3.63) is 35.4 Å². The van der Waals surface area contributed by atoms with Crippen LogP contribution in [0.5, 0.6) is 0 Å².